The first-order valence-electron chi connectivity index (χ1n) is 10.9. The Balaban J connectivity index is 1.24. The molecule has 4 amide bonds. The maximum absolute atomic E-state index is 12.7. The average Bonchev–Trinajstić information content (AvgIpc) is 3.53. The lowest BCUT2D eigenvalue weighted by atomic mass is 10.1. The number of amides is 4. The summed E-state index contributed by atoms with van der Waals surface area (Å²) in [6, 6.07) is 14.3. The Bertz CT molecular complexity index is 1280. The number of rotatable bonds is 6. The van der Waals surface area contributed by atoms with Gasteiger partial charge in [-0.15, -0.1) is 10.2 Å². The normalized spacial score (nSPS) is 17.4. The molecular weight excluding hydrogens is 454 g/mol. The summed E-state index contributed by atoms with van der Waals surface area (Å²) in [5, 5.41) is 11.7. The maximum atomic E-state index is 12.7. The third-order valence-corrected chi connectivity index (χ3v) is 7.01. The van der Waals surface area contributed by atoms with Crippen LogP contribution in [0.15, 0.2) is 48.5 Å². The fourth-order valence-electron chi connectivity index (χ4n) is 4.31. The molecule has 0 saturated carbocycles. The SMILES string of the molecule is CCc1ccccc1N1C[C@@H](c2nnc(NC(=O)CN3C(=O)c4ccccc4C3=O)s2)CC1=O. The molecule has 0 aliphatic carbocycles. The van der Waals surface area contributed by atoms with Crippen LogP contribution >= 0.6 is 11.3 Å². The summed E-state index contributed by atoms with van der Waals surface area (Å²) < 4.78 is 0. The van der Waals surface area contributed by atoms with Gasteiger partial charge in [0.05, 0.1) is 11.1 Å². The molecule has 1 fully saturated rings. The van der Waals surface area contributed by atoms with E-state index in [-0.39, 0.29) is 17.0 Å². The molecular formula is C24H21N5O4S. The number of carbonyl (C=O) groups excluding carboxylic acids is 4. The van der Waals surface area contributed by atoms with Gasteiger partial charge in [-0.3, -0.25) is 29.4 Å². The molecule has 0 radical (unpaired) electrons. The molecule has 172 valence electrons. The number of para-hydroxylation sites is 1. The van der Waals surface area contributed by atoms with E-state index >= 15 is 0 Å². The lowest BCUT2D eigenvalue weighted by Gasteiger charge is -2.19. The second-order valence-corrected chi connectivity index (χ2v) is 9.13. The number of nitrogens with one attached hydrogen (secondary N) is 1. The Morgan fingerprint density at radius 2 is 1.71 bits per heavy atom. The van der Waals surface area contributed by atoms with E-state index in [1.165, 1.54) is 11.3 Å². The first-order chi connectivity index (χ1) is 16.5. The largest absolute Gasteiger partial charge is 0.311 e. The molecule has 3 heterocycles. The number of anilines is 2. The van der Waals surface area contributed by atoms with E-state index in [4.69, 9.17) is 0 Å². The predicted molar refractivity (Wildman–Crippen MR) is 126 cm³/mol. The van der Waals surface area contributed by atoms with Crippen molar-refractivity contribution in [3.05, 3.63) is 70.2 Å². The lowest BCUT2D eigenvalue weighted by Crippen LogP contribution is -2.37. The van der Waals surface area contributed by atoms with Crippen molar-refractivity contribution in [2.24, 2.45) is 0 Å². The van der Waals surface area contributed by atoms with Crippen LogP contribution in [0, 0.1) is 0 Å². The zero-order valence-electron chi connectivity index (χ0n) is 18.4. The van der Waals surface area contributed by atoms with Crippen LogP contribution < -0.4 is 10.2 Å². The Labute approximate surface area is 199 Å². The maximum Gasteiger partial charge on any atom is 0.262 e. The number of aryl methyl sites for hydroxylation is 1. The molecule has 0 unspecified atom stereocenters. The number of hydrogen-bond donors (Lipinski definition) is 1. The summed E-state index contributed by atoms with van der Waals surface area (Å²) in [4.78, 5) is 52.8. The summed E-state index contributed by atoms with van der Waals surface area (Å²) in [5.41, 5.74) is 2.60. The first-order valence-corrected chi connectivity index (χ1v) is 11.7. The highest BCUT2D eigenvalue weighted by molar-refractivity contribution is 7.15. The van der Waals surface area contributed by atoms with Gasteiger partial charge in [-0.25, -0.2) is 0 Å². The zero-order valence-corrected chi connectivity index (χ0v) is 19.2. The number of carbonyl (C=O) groups is 4. The Kier molecular flexibility index (Phi) is 5.66. The minimum atomic E-state index is -0.543. The topological polar surface area (TPSA) is 113 Å². The number of hydrogen-bond acceptors (Lipinski definition) is 7. The van der Waals surface area contributed by atoms with Gasteiger partial charge >= 0.3 is 0 Å². The van der Waals surface area contributed by atoms with Crippen molar-refractivity contribution < 1.29 is 19.2 Å². The number of aromatic nitrogens is 2. The first kappa shape index (κ1) is 21.9. The van der Waals surface area contributed by atoms with Crippen LogP contribution in [0.3, 0.4) is 0 Å². The Morgan fingerprint density at radius 1 is 1.03 bits per heavy atom. The number of benzene rings is 2. The molecule has 5 rings (SSSR count). The van der Waals surface area contributed by atoms with Gasteiger partial charge in [0.25, 0.3) is 11.8 Å². The summed E-state index contributed by atoms with van der Waals surface area (Å²) in [7, 11) is 0. The van der Waals surface area contributed by atoms with Crippen molar-refractivity contribution >= 4 is 45.8 Å². The molecule has 1 saturated heterocycles. The van der Waals surface area contributed by atoms with Crippen LogP contribution in [0.4, 0.5) is 10.8 Å². The van der Waals surface area contributed by atoms with E-state index in [9.17, 15) is 19.2 Å². The molecule has 2 aliphatic rings. The highest BCUT2D eigenvalue weighted by atomic mass is 32.1. The van der Waals surface area contributed by atoms with Crippen LogP contribution in [0.5, 0.6) is 0 Å². The van der Waals surface area contributed by atoms with Crippen molar-refractivity contribution in [3.8, 4) is 0 Å². The van der Waals surface area contributed by atoms with Crippen LogP contribution in [0.2, 0.25) is 0 Å². The van der Waals surface area contributed by atoms with E-state index in [2.05, 4.69) is 22.4 Å². The fourth-order valence-corrected chi connectivity index (χ4v) is 5.16. The van der Waals surface area contributed by atoms with Crippen molar-refractivity contribution in [3.63, 3.8) is 0 Å². The summed E-state index contributed by atoms with van der Waals surface area (Å²) in [5.74, 6) is -1.64. The molecule has 0 bridgehead atoms. The van der Waals surface area contributed by atoms with Crippen LogP contribution in [-0.4, -0.2) is 51.8 Å². The van der Waals surface area contributed by atoms with E-state index in [1.54, 1.807) is 29.2 Å². The number of nitrogens with zero attached hydrogens (tertiary/aromatic N) is 4. The molecule has 2 aliphatic heterocycles. The van der Waals surface area contributed by atoms with E-state index in [0.29, 0.717) is 29.1 Å². The fraction of sp³-hybridized carbons (Fsp3) is 0.250. The molecule has 2 aromatic carbocycles. The zero-order chi connectivity index (χ0) is 23.8. The summed E-state index contributed by atoms with van der Waals surface area (Å²) >= 11 is 1.19. The van der Waals surface area contributed by atoms with Crippen molar-refractivity contribution in [2.75, 3.05) is 23.3 Å². The van der Waals surface area contributed by atoms with Crippen molar-refractivity contribution in [1.82, 2.24) is 15.1 Å². The highest BCUT2D eigenvalue weighted by Crippen LogP contribution is 2.35. The molecule has 1 aromatic heterocycles. The van der Waals surface area contributed by atoms with E-state index < -0.39 is 24.3 Å². The predicted octanol–water partition coefficient (Wildman–Crippen LogP) is 2.86. The summed E-state index contributed by atoms with van der Waals surface area (Å²) in [6.45, 7) is 2.14. The number of fused-ring (bicyclic) bond motifs is 1. The van der Waals surface area contributed by atoms with Gasteiger partial charge in [0.1, 0.15) is 11.6 Å². The van der Waals surface area contributed by atoms with Gasteiger partial charge in [0.15, 0.2) is 0 Å². The molecule has 3 aromatic rings. The molecule has 1 N–H and O–H groups in total. The molecule has 1 atom stereocenters. The van der Waals surface area contributed by atoms with E-state index in [0.717, 1.165) is 22.6 Å². The third-order valence-electron chi connectivity index (χ3n) is 6.00. The Hall–Kier alpha value is -3.92. The van der Waals surface area contributed by atoms with Crippen LogP contribution in [-0.2, 0) is 16.0 Å². The van der Waals surface area contributed by atoms with Gasteiger partial charge in [0.2, 0.25) is 16.9 Å². The van der Waals surface area contributed by atoms with Crippen molar-refractivity contribution in [1.29, 1.82) is 0 Å². The third kappa shape index (κ3) is 3.86. The van der Waals surface area contributed by atoms with Gasteiger partial charge in [-0.2, -0.15) is 0 Å². The smallest absolute Gasteiger partial charge is 0.262 e. The summed E-state index contributed by atoms with van der Waals surface area (Å²) in [6.07, 6.45) is 1.14. The van der Waals surface area contributed by atoms with E-state index in [1.807, 2.05) is 24.3 Å². The molecule has 10 heteroatoms. The second-order valence-electron chi connectivity index (χ2n) is 8.12. The quantitative estimate of drug-likeness (QED) is 0.549. The van der Waals surface area contributed by atoms with Gasteiger partial charge in [-0.05, 0) is 30.2 Å². The molecule has 34 heavy (non-hydrogen) atoms. The number of imide groups is 1. The minimum Gasteiger partial charge on any atom is -0.311 e. The molecule has 0 spiro atoms. The second kappa shape index (κ2) is 8.79. The van der Waals surface area contributed by atoms with Crippen molar-refractivity contribution in [2.45, 2.75) is 25.7 Å². The highest BCUT2D eigenvalue weighted by Gasteiger charge is 2.37. The van der Waals surface area contributed by atoms with Gasteiger partial charge < -0.3 is 4.90 Å². The molecule has 9 nitrogen and oxygen atoms in total. The van der Waals surface area contributed by atoms with Crippen LogP contribution in [0.25, 0.3) is 0 Å². The van der Waals surface area contributed by atoms with Crippen LogP contribution in [0.1, 0.15) is 50.5 Å². The average molecular weight is 476 g/mol. The van der Waals surface area contributed by atoms with Gasteiger partial charge in [-0.1, -0.05) is 48.6 Å². The minimum absolute atomic E-state index is 0.0253. The standard InChI is InChI=1S/C24H21N5O4S/c1-2-14-7-3-6-10-18(14)28-12-15(11-20(28)31)21-26-27-24(34-21)25-19(30)13-29-22(32)16-8-4-5-9-17(16)23(29)33/h3-10,15H,2,11-13H2,1H3,(H,25,27,30)/t15-/m0/s1. The lowest BCUT2D eigenvalue weighted by molar-refractivity contribution is -0.117. The Morgan fingerprint density at radius 3 is 2.41 bits per heavy atom. The van der Waals surface area contributed by atoms with Gasteiger partial charge in [0, 0.05) is 24.6 Å². The monoisotopic (exact) mass is 475 g/mol.